The molecule has 0 aliphatic carbocycles. The van der Waals surface area contributed by atoms with Crippen molar-refractivity contribution in [3.63, 3.8) is 0 Å². The second-order valence-electron chi connectivity index (χ2n) is 4.54. The maximum absolute atomic E-state index is 12.0. The molecule has 4 heteroatoms. The van der Waals surface area contributed by atoms with Gasteiger partial charge in [-0.2, -0.15) is 0 Å². The Morgan fingerprint density at radius 2 is 2.20 bits per heavy atom. The summed E-state index contributed by atoms with van der Waals surface area (Å²) in [4.78, 5) is 14.3. The highest BCUT2D eigenvalue weighted by atomic mass is 16.5. The third-order valence-electron chi connectivity index (χ3n) is 3.80. The zero-order valence-electron chi connectivity index (χ0n) is 9.58. The van der Waals surface area contributed by atoms with E-state index in [0.29, 0.717) is 5.92 Å². The van der Waals surface area contributed by atoms with Crippen molar-refractivity contribution in [2.24, 2.45) is 5.92 Å². The number of methoxy groups -OCH3 is 1. The number of rotatable bonds is 3. The van der Waals surface area contributed by atoms with Crippen LogP contribution in [0, 0.1) is 5.92 Å². The molecule has 0 aromatic heterocycles. The highest BCUT2D eigenvalue weighted by Crippen LogP contribution is 2.36. The van der Waals surface area contributed by atoms with Gasteiger partial charge < -0.3 is 15.0 Å². The van der Waals surface area contributed by atoms with E-state index in [-0.39, 0.29) is 5.97 Å². The van der Waals surface area contributed by atoms with Crippen molar-refractivity contribution in [2.75, 3.05) is 33.3 Å². The van der Waals surface area contributed by atoms with E-state index in [2.05, 4.69) is 10.2 Å². The average Bonchev–Trinajstić information content (AvgIpc) is 2.30. The van der Waals surface area contributed by atoms with Gasteiger partial charge in [0.25, 0.3) is 0 Å². The molecule has 3 aliphatic heterocycles. The summed E-state index contributed by atoms with van der Waals surface area (Å²) in [6, 6.07) is 0. The number of ether oxygens (including phenoxy) is 1. The fraction of sp³-hybridized carbons (Fsp3) is 0.909. The lowest BCUT2D eigenvalue weighted by molar-refractivity contribution is -0.158. The minimum absolute atomic E-state index is 0.0845. The number of nitrogens with zero attached hydrogens (tertiary/aromatic N) is 1. The molecule has 1 N–H and O–H groups in total. The third kappa shape index (κ3) is 1.66. The van der Waals surface area contributed by atoms with E-state index in [0.717, 1.165) is 39.0 Å². The molecule has 0 saturated carbocycles. The Morgan fingerprint density at radius 1 is 1.53 bits per heavy atom. The van der Waals surface area contributed by atoms with Crippen LogP contribution in [0.3, 0.4) is 0 Å². The number of likely N-dealkylation sites (N-methyl/N-ethyl adjacent to an activating group) is 1. The molecule has 15 heavy (non-hydrogen) atoms. The van der Waals surface area contributed by atoms with Gasteiger partial charge in [-0.1, -0.05) is 6.92 Å². The number of nitrogens with one attached hydrogen (secondary N) is 1. The van der Waals surface area contributed by atoms with Crippen molar-refractivity contribution in [2.45, 2.75) is 25.3 Å². The first-order valence-electron chi connectivity index (χ1n) is 5.78. The first-order valence-corrected chi connectivity index (χ1v) is 5.78. The fourth-order valence-corrected chi connectivity index (χ4v) is 3.07. The Kier molecular flexibility index (Phi) is 2.98. The summed E-state index contributed by atoms with van der Waals surface area (Å²) >= 11 is 0. The van der Waals surface area contributed by atoms with Crippen LogP contribution in [0.2, 0.25) is 0 Å². The molecule has 3 aliphatic rings. The molecule has 0 amide bonds. The van der Waals surface area contributed by atoms with Gasteiger partial charge >= 0.3 is 5.97 Å². The van der Waals surface area contributed by atoms with Gasteiger partial charge in [-0.05, 0) is 38.4 Å². The lowest BCUT2D eigenvalue weighted by atomic mass is 9.72. The highest BCUT2D eigenvalue weighted by Gasteiger charge is 2.52. The molecule has 3 saturated heterocycles. The predicted octanol–water partition coefficient (Wildman–Crippen LogP) is 0.233. The van der Waals surface area contributed by atoms with E-state index in [4.69, 9.17) is 4.74 Å². The van der Waals surface area contributed by atoms with E-state index in [9.17, 15) is 4.79 Å². The molecule has 1 unspecified atom stereocenters. The molecule has 4 nitrogen and oxygen atoms in total. The Hall–Kier alpha value is -0.610. The van der Waals surface area contributed by atoms with Gasteiger partial charge in [-0.25, -0.2) is 4.79 Å². The topological polar surface area (TPSA) is 41.6 Å². The largest absolute Gasteiger partial charge is 0.468 e. The van der Waals surface area contributed by atoms with Crippen LogP contribution in [0.5, 0.6) is 0 Å². The van der Waals surface area contributed by atoms with Gasteiger partial charge in [0.15, 0.2) is 0 Å². The van der Waals surface area contributed by atoms with Gasteiger partial charge in [0.1, 0.15) is 5.54 Å². The molecule has 3 heterocycles. The second kappa shape index (κ2) is 4.10. The van der Waals surface area contributed by atoms with Crippen molar-refractivity contribution in [3.8, 4) is 0 Å². The normalized spacial score (nSPS) is 39.1. The quantitative estimate of drug-likeness (QED) is 0.680. The Morgan fingerprint density at radius 3 is 2.60 bits per heavy atom. The molecule has 86 valence electrons. The van der Waals surface area contributed by atoms with E-state index >= 15 is 0 Å². The lowest BCUT2D eigenvalue weighted by Gasteiger charge is -2.51. The Labute approximate surface area is 91.0 Å². The van der Waals surface area contributed by atoms with E-state index in [1.165, 1.54) is 7.11 Å². The number of hydrogen-bond acceptors (Lipinski definition) is 4. The van der Waals surface area contributed by atoms with Crippen LogP contribution in [0.15, 0.2) is 0 Å². The van der Waals surface area contributed by atoms with Crippen LogP contribution in [0.25, 0.3) is 0 Å². The molecule has 2 bridgehead atoms. The Bertz CT molecular complexity index is 249. The Balaban J connectivity index is 2.22. The third-order valence-corrected chi connectivity index (χ3v) is 3.80. The molecule has 3 rings (SSSR count). The van der Waals surface area contributed by atoms with Gasteiger partial charge in [0.2, 0.25) is 0 Å². The summed E-state index contributed by atoms with van der Waals surface area (Å²) in [6.45, 7) is 5.95. The molecule has 0 aromatic rings. The van der Waals surface area contributed by atoms with Crippen LogP contribution < -0.4 is 5.32 Å². The van der Waals surface area contributed by atoms with Gasteiger partial charge in [0.05, 0.1) is 7.11 Å². The minimum atomic E-state index is -0.431. The maximum Gasteiger partial charge on any atom is 0.327 e. The number of carbonyl (C=O) groups excluding carboxylic acids is 1. The van der Waals surface area contributed by atoms with Gasteiger partial charge in [-0.3, -0.25) is 0 Å². The molecule has 0 spiro atoms. The van der Waals surface area contributed by atoms with E-state index in [1.807, 2.05) is 6.92 Å². The molecule has 3 fully saturated rings. The maximum atomic E-state index is 12.0. The van der Waals surface area contributed by atoms with Crippen LogP contribution in [0.1, 0.15) is 19.8 Å². The first kappa shape index (κ1) is 10.9. The SMILES string of the molecule is CCNC1(C(=O)OC)CN2CCC1CC2. The van der Waals surface area contributed by atoms with Crippen molar-refractivity contribution in [1.82, 2.24) is 10.2 Å². The summed E-state index contributed by atoms with van der Waals surface area (Å²) < 4.78 is 4.97. The molecule has 1 atom stereocenters. The summed E-state index contributed by atoms with van der Waals surface area (Å²) in [5.74, 6) is 0.369. The van der Waals surface area contributed by atoms with Gasteiger partial charge in [0, 0.05) is 6.54 Å². The van der Waals surface area contributed by atoms with Crippen molar-refractivity contribution in [3.05, 3.63) is 0 Å². The smallest absolute Gasteiger partial charge is 0.327 e. The van der Waals surface area contributed by atoms with Crippen LogP contribution in [0.4, 0.5) is 0 Å². The van der Waals surface area contributed by atoms with E-state index < -0.39 is 5.54 Å². The number of esters is 1. The zero-order chi connectivity index (χ0) is 10.9. The summed E-state index contributed by atoms with van der Waals surface area (Å²) in [6.07, 6.45) is 2.23. The number of hydrogen-bond donors (Lipinski definition) is 1. The van der Waals surface area contributed by atoms with Crippen molar-refractivity contribution in [1.29, 1.82) is 0 Å². The molecule has 0 aromatic carbocycles. The standard InChI is InChI=1S/C11H20N2O2/c1-3-12-11(10(14)15-2)8-13-6-4-9(11)5-7-13/h9,12H,3-8H2,1-2H3. The van der Waals surface area contributed by atoms with Crippen LogP contribution in [-0.2, 0) is 9.53 Å². The minimum Gasteiger partial charge on any atom is -0.468 e. The first-order chi connectivity index (χ1) is 7.23. The van der Waals surface area contributed by atoms with E-state index in [1.54, 1.807) is 0 Å². The zero-order valence-corrected chi connectivity index (χ0v) is 9.58. The van der Waals surface area contributed by atoms with Crippen molar-refractivity contribution >= 4 is 5.97 Å². The van der Waals surface area contributed by atoms with Crippen LogP contribution >= 0.6 is 0 Å². The number of fused-ring (bicyclic) bond motifs is 3. The predicted molar refractivity (Wildman–Crippen MR) is 57.6 cm³/mol. The molecule has 0 radical (unpaired) electrons. The number of carbonyl (C=O) groups is 1. The molecular weight excluding hydrogens is 192 g/mol. The van der Waals surface area contributed by atoms with Gasteiger partial charge in [-0.15, -0.1) is 0 Å². The summed E-state index contributed by atoms with van der Waals surface area (Å²) in [7, 11) is 1.49. The monoisotopic (exact) mass is 212 g/mol. The van der Waals surface area contributed by atoms with Crippen molar-refractivity contribution < 1.29 is 9.53 Å². The number of piperidine rings is 3. The highest BCUT2D eigenvalue weighted by molar-refractivity contribution is 5.82. The second-order valence-corrected chi connectivity index (χ2v) is 4.54. The lowest BCUT2D eigenvalue weighted by Crippen LogP contribution is -2.70. The van der Waals surface area contributed by atoms with Crippen LogP contribution in [-0.4, -0.2) is 49.7 Å². The molecular formula is C11H20N2O2. The fourth-order valence-electron chi connectivity index (χ4n) is 3.07. The summed E-state index contributed by atoms with van der Waals surface area (Å²) in [5, 5.41) is 3.36. The average molecular weight is 212 g/mol. The summed E-state index contributed by atoms with van der Waals surface area (Å²) in [5.41, 5.74) is -0.431.